The minimum atomic E-state index is -0.332. The van der Waals surface area contributed by atoms with E-state index >= 15 is 0 Å². The quantitative estimate of drug-likeness (QED) is 0.788. The number of nitrogens with one attached hydrogen (secondary N) is 1. The number of carbonyl (C=O) groups is 1. The lowest BCUT2D eigenvalue weighted by Gasteiger charge is -2.51. The van der Waals surface area contributed by atoms with Gasteiger partial charge < -0.3 is 15.0 Å². The molecule has 0 aromatic carbocycles. The summed E-state index contributed by atoms with van der Waals surface area (Å²) < 4.78 is 7.19. The Balaban J connectivity index is 1.74. The molecule has 3 saturated carbocycles. The van der Waals surface area contributed by atoms with Crippen molar-refractivity contribution in [2.24, 2.45) is 11.8 Å². The zero-order valence-corrected chi connectivity index (χ0v) is 16.8. The number of anilines is 2. The second-order valence-electron chi connectivity index (χ2n) is 7.88. The fourth-order valence-electron chi connectivity index (χ4n) is 4.74. The normalized spacial score (nSPS) is 27.0. The summed E-state index contributed by atoms with van der Waals surface area (Å²) in [7, 11) is 3.92. The van der Waals surface area contributed by atoms with Crippen molar-refractivity contribution in [1.82, 2.24) is 14.6 Å². The molecular formula is C19H26ClN5O2. The minimum absolute atomic E-state index is 0.102. The molecule has 5 rings (SSSR count). The Bertz CT molecular complexity index is 857. The Morgan fingerprint density at radius 3 is 2.81 bits per heavy atom. The van der Waals surface area contributed by atoms with Crippen molar-refractivity contribution in [3.63, 3.8) is 0 Å². The predicted octanol–water partition coefficient (Wildman–Crippen LogP) is 3.37. The largest absolute Gasteiger partial charge is 0.466 e. The Kier molecular flexibility index (Phi) is 4.66. The van der Waals surface area contributed by atoms with Crippen LogP contribution in [0.1, 0.15) is 39.0 Å². The number of esters is 1. The first-order valence-corrected chi connectivity index (χ1v) is 9.99. The van der Waals surface area contributed by atoms with Crippen LogP contribution < -0.4 is 10.2 Å². The highest BCUT2D eigenvalue weighted by Crippen LogP contribution is 2.50. The summed E-state index contributed by atoms with van der Waals surface area (Å²) in [4.78, 5) is 19.1. The van der Waals surface area contributed by atoms with Crippen LogP contribution in [0.4, 0.5) is 11.6 Å². The average molecular weight is 392 g/mol. The monoisotopic (exact) mass is 391 g/mol. The number of halogens is 1. The Morgan fingerprint density at radius 1 is 1.41 bits per heavy atom. The number of hydrogen-bond donors (Lipinski definition) is 1. The highest BCUT2D eigenvalue weighted by atomic mass is 35.5. The Morgan fingerprint density at radius 2 is 2.15 bits per heavy atom. The molecule has 0 radical (unpaired) electrons. The topological polar surface area (TPSA) is 71.8 Å². The van der Waals surface area contributed by atoms with Gasteiger partial charge in [0, 0.05) is 14.1 Å². The molecular weight excluding hydrogens is 366 g/mol. The van der Waals surface area contributed by atoms with E-state index in [2.05, 4.69) is 15.4 Å². The number of rotatable bonds is 5. The Hall–Kier alpha value is -2.02. The van der Waals surface area contributed by atoms with Gasteiger partial charge >= 0.3 is 5.97 Å². The van der Waals surface area contributed by atoms with E-state index in [1.54, 1.807) is 4.52 Å². The molecule has 1 N–H and O–H groups in total. The first-order chi connectivity index (χ1) is 12.9. The summed E-state index contributed by atoms with van der Waals surface area (Å²) in [6, 6.07) is 3.97. The van der Waals surface area contributed by atoms with Crippen LogP contribution >= 0.6 is 11.6 Å². The maximum Gasteiger partial charge on any atom is 0.311 e. The molecule has 0 saturated heterocycles. The van der Waals surface area contributed by atoms with Gasteiger partial charge in [-0.15, -0.1) is 5.10 Å². The molecule has 3 aliphatic rings. The molecule has 8 heteroatoms. The van der Waals surface area contributed by atoms with Gasteiger partial charge in [0.05, 0.1) is 18.1 Å². The maximum atomic E-state index is 12.7. The van der Waals surface area contributed by atoms with Gasteiger partial charge in [-0.2, -0.15) is 4.98 Å². The predicted molar refractivity (Wildman–Crippen MR) is 105 cm³/mol. The molecule has 0 aliphatic heterocycles. The molecule has 1 atom stereocenters. The maximum absolute atomic E-state index is 12.7. The zero-order valence-electron chi connectivity index (χ0n) is 16.0. The third kappa shape index (κ3) is 3.12. The number of ether oxygens (including phenoxy) is 1. The van der Waals surface area contributed by atoms with E-state index in [9.17, 15) is 4.79 Å². The molecule has 3 aliphatic carbocycles. The number of aromatic nitrogens is 3. The molecule has 2 heterocycles. The van der Waals surface area contributed by atoms with Crippen LogP contribution in [0.15, 0.2) is 12.1 Å². The van der Waals surface area contributed by atoms with E-state index in [0.717, 1.165) is 43.4 Å². The molecule has 3 fully saturated rings. The van der Waals surface area contributed by atoms with Crippen LogP contribution in [0.25, 0.3) is 5.52 Å². The summed E-state index contributed by atoms with van der Waals surface area (Å²) >= 11 is 6.23. The molecule has 7 nitrogen and oxygen atoms in total. The summed E-state index contributed by atoms with van der Waals surface area (Å²) in [6.45, 7) is 2.26. The average Bonchev–Trinajstić information content (AvgIpc) is 3.06. The lowest BCUT2D eigenvalue weighted by atomic mass is 9.59. The standard InChI is InChI=1S/C19H26ClN5O2/c1-4-27-17(26)13-11-12-7-9-19(13,10-8-12)22-16-14-5-6-15(24(2)3)25(14)23-18(20)21-16/h5-6,12-13H,4,7-11H2,1-3H3,(H,21,22,23). The fourth-order valence-corrected chi connectivity index (χ4v) is 4.90. The first-order valence-electron chi connectivity index (χ1n) is 9.61. The summed E-state index contributed by atoms with van der Waals surface area (Å²) in [6.07, 6.45) is 5.02. The van der Waals surface area contributed by atoms with E-state index < -0.39 is 0 Å². The molecule has 2 aromatic rings. The molecule has 0 spiro atoms. The number of nitrogens with zero attached hydrogens (tertiary/aromatic N) is 4. The number of carbonyl (C=O) groups excluding carboxylic acids is 1. The van der Waals surface area contributed by atoms with Crippen LogP contribution in [0.2, 0.25) is 5.28 Å². The van der Waals surface area contributed by atoms with E-state index in [1.807, 2.05) is 38.1 Å². The Labute approximate surface area is 164 Å². The minimum Gasteiger partial charge on any atom is -0.466 e. The van der Waals surface area contributed by atoms with E-state index in [0.29, 0.717) is 18.3 Å². The van der Waals surface area contributed by atoms with Gasteiger partial charge in [-0.3, -0.25) is 4.79 Å². The van der Waals surface area contributed by atoms with Gasteiger partial charge in [0.2, 0.25) is 5.28 Å². The van der Waals surface area contributed by atoms with E-state index in [1.165, 1.54) is 0 Å². The molecule has 27 heavy (non-hydrogen) atoms. The third-order valence-electron chi connectivity index (χ3n) is 6.09. The van der Waals surface area contributed by atoms with Gasteiger partial charge in [0.25, 0.3) is 0 Å². The van der Waals surface area contributed by atoms with Crippen molar-refractivity contribution in [3.05, 3.63) is 17.4 Å². The highest BCUT2D eigenvalue weighted by Gasteiger charge is 2.52. The second-order valence-corrected chi connectivity index (χ2v) is 8.22. The van der Waals surface area contributed by atoms with Gasteiger partial charge in [-0.1, -0.05) is 0 Å². The highest BCUT2D eigenvalue weighted by molar-refractivity contribution is 6.28. The fraction of sp³-hybridized carbons (Fsp3) is 0.632. The second kappa shape index (κ2) is 6.86. The third-order valence-corrected chi connectivity index (χ3v) is 6.25. The SMILES string of the molecule is CCOC(=O)C1CC2CCC1(Nc1nc(Cl)nn3c(N(C)C)ccc13)CC2. The molecule has 146 valence electrons. The van der Waals surface area contributed by atoms with Crippen molar-refractivity contribution >= 4 is 34.7 Å². The summed E-state index contributed by atoms with van der Waals surface area (Å²) in [5.74, 6) is 1.96. The summed E-state index contributed by atoms with van der Waals surface area (Å²) in [5.41, 5.74) is 0.523. The molecule has 0 amide bonds. The summed E-state index contributed by atoms with van der Waals surface area (Å²) in [5, 5.41) is 8.16. The van der Waals surface area contributed by atoms with Crippen molar-refractivity contribution in [2.75, 3.05) is 30.9 Å². The van der Waals surface area contributed by atoms with Gasteiger partial charge in [0.15, 0.2) is 5.82 Å². The molecule has 2 bridgehead atoms. The van der Waals surface area contributed by atoms with Gasteiger partial charge in [-0.05, 0) is 68.7 Å². The van der Waals surface area contributed by atoms with Gasteiger partial charge in [-0.25, -0.2) is 4.52 Å². The van der Waals surface area contributed by atoms with Crippen molar-refractivity contribution < 1.29 is 9.53 Å². The zero-order chi connectivity index (χ0) is 19.2. The molecule has 1 unspecified atom stereocenters. The van der Waals surface area contributed by atoms with Crippen molar-refractivity contribution in [2.45, 2.75) is 44.6 Å². The van der Waals surface area contributed by atoms with E-state index in [4.69, 9.17) is 16.3 Å². The van der Waals surface area contributed by atoms with Crippen LogP contribution in [0.3, 0.4) is 0 Å². The van der Waals surface area contributed by atoms with Crippen LogP contribution in [-0.4, -0.2) is 46.8 Å². The van der Waals surface area contributed by atoms with Crippen LogP contribution in [-0.2, 0) is 9.53 Å². The smallest absolute Gasteiger partial charge is 0.311 e. The van der Waals surface area contributed by atoms with Crippen LogP contribution in [0.5, 0.6) is 0 Å². The number of fused-ring (bicyclic) bond motifs is 4. The van der Waals surface area contributed by atoms with Crippen molar-refractivity contribution in [3.8, 4) is 0 Å². The first kappa shape index (κ1) is 18.3. The number of hydrogen-bond acceptors (Lipinski definition) is 6. The molecule has 2 aromatic heterocycles. The lowest BCUT2D eigenvalue weighted by Crippen LogP contribution is -2.56. The van der Waals surface area contributed by atoms with E-state index in [-0.39, 0.29) is 22.7 Å². The lowest BCUT2D eigenvalue weighted by molar-refractivity contribution is -0.154. The van der Waals surface area contributed by atoms with Crippen LogP contribution in [0, 0.1) is 11.8 Å². The van der Waals surface area contributed by atoms with Crippen molar-refractivity contribution in [1.29, 1.82) is 0 Å². The van der Waals surface area contributed by atoms with Gasteiger partial charge in [0.1, 0.15) is 11.3 Å².